The van der Waals surface area contributed by atoms with Crippen LogP contribution in [0.15, 0.2) is 28.2 Å². The number of hydrogen-bond acceptors (Lipinski definition) is 7. The van der Waals surface area contributed by atoms with Crippen molar-refractivity contribution in [1.82, 2.24) is 9.88 Å². The van der Waals surface area contributed by atoms with Crippen LogP contribution in [0.2, 0.25) is 0 Å². The van der Waals surface area contributed by atoms with Gasteiger partial charge in [-0.1, -0.05) is 6.07 Å². The van der Waals surface area contributed by atoms with Gasteiger partial charge in [-0.2, -0.15) is 0 Å². The minimum atomic E-state index is -0.117. The van der Waals surface area contributed by atoms with Gasteiger partial charge in [-0.15, -0.1) is 0 Å². The van der Waals surface area contributed by atoms with E-state index in [1.165, 1.54) is 7.11 Å². The molecule has 0 amide bonds. The lowest BCUT2D eigenvalue weighted by Crippen LogP contribution is -2.44. The second kappa shape index (κ2) is 7.15. The number of hydrogen-bond donors (Lipinski definition) is 0. The smallest absolute Gasteiger partial charge is 0.308 e. The minimum absolute atomic E-state index is 0.0122. The maximum absolute atomic E-state index is 11.5. The van der Waals surface area contributed by atoms with Gasteiger partial charge in [0.25, 0.3) is 0 Å². The van der Waals surface area contributed by atoms with Gasteiger partial charge in [-0.3, -0.25) is 14.8 Å². The van der Waals surface area contributed by atoms with E-state index < -0.39 is 0 Å². The van der Waals surface area contributed by atoms with Gasteiger partial charge in [0.1, 0.15) is 17.7 Å². The summed E-state index contributed by atoms with van der Waals surface area (Å²) in [6.45, 7) is 4.10. The molecule has 138 valence electrons. The van der Waals surface area contributed by atoms with E-state index in [0.717, 1.165) is 56.2 Å². The first kappa shape index (κ1) is 17.1. The molecule has 0 spiro atoms. The van der Waals surface area contributed by atoms with Crippen LogP contribution in [0.3, 0.4) is 0 Å². The Morgan fingerprint density at radius 2 is 1.96 bits per heavy atom. The lowest BCUT2D eigenvalue weighted by atomic mass is 9.73. The third kappa shape index (κ3) is 3.35. The first-order valence-corrected chi connectivity index (χ1v) is 9.24. The molecule has 1 aliphatic carbocycles. The quantitative estimate of drug-likeness (QED) is 0.760. The van der Waals surface area contributed by atoms with Crippen molar-refractivity contribution in [3.05, 3.63) is 23.9 Å². The Bertz CT molecular complexity index is 733. The number of nitrogens with zero attached hydrogens (tertiary/aromatic N) is 5. The summed E-state index contributed by atoms with van der Waals surface area (Å²) < 4.78 is 4.80. The van der Waals surface area contributed by atoms with Crippen molar-refractivity contribution in [2.75, 3.05) is 45.2 Å². The predicted molar refractivity (Wildman–Crippen MR) is 101 cm³/mol. The number of rotatable bonds is 4. The molecule has 1 saturated carbocycles. The summed E-state index contributed by atoms with van der Waals surface area (Å²) in [5, 5.41) is 0. The van der Waals surface area contributed by atoms with Crippen LogP contribution >= 0.6 is 0 Å². The molecule has 0 bridgehead atoms. The van der Waals surface area contributed by atoms with Crippen LogP contribution in [0.4, 0.5) is 5.82 Å². The summed E-state index contributed by atoms with van der Waals surface area (Å²) >= 11 is 0. The van der Waals surface area contributed by atoms with Gasteiger partial charge in [-0.25, -0.2) is 4.98 Å². The summed E-state index contributed by atoms with van der Waals surface area (Å²) in [5.74, 6) is 1.23. The van der Waals surface area contributed by atoms with E-state index in [4.69, 9.17) is 14.7 Å². The second-order valence-electron chi connectivity index (χ2n) is 7.33. The lowest BCUT2D eigenvalue weighted by Gasteiger charge is -2.34. The monoisotopic (exact) mass is 355 g/mol. The third-order valence-electron chi connectivity index (χ3n) is 5.58. The summed E-state index contributed by atoms with van der Waals surface area (Å²) in [6.07, 6.45) is 3.35. The lowest BCUT2D eigenvalue weighted by molar-refractivity contribution is -0.150. The SMILES string of the molecule is COC(=O)C1CC(C2N=CC(c3cccc(N4CCN(C)CC4)n3)=N2)C1. The molecule has 7 nitrogen and oxygen atoms in total. The fraction of sp³-hybridized carbons (Fsp3) is 0.579. The average Bonchev–Trinajstić information content (AvgIpc) is 3.10. The highest BCUT2D eigenvalue weighted by Gasteiger charge is 2.40. The van der Waals surface area contributed by atoms with Crippen LogP contribution < -0.4 is 4.90 Å². The Hall–Kier alpha value is -2.28. The molecule has 1 saturated heterocycles. The van der Waals surface area contributed by atoms with E-state index >= 15 is 0 Å². The molecule has 1 aromatic heterocycles. The van der Waals surface area contributed by atoms with Crippen molar-refractivity contribution in [3.8, 4) is 0 Å². The molecule has 3 aliphatic rings. The Labute approximate surface area is 153 Å². The number of piperazine rings is 1. The van der Waals surface area contributed by atoms with Gasteiger partial charge in [-0.05, 0) is 32.0 Å². The zero-order chi connectivity index (χ0) is 18.1. The van der Waals surface area contributed by atoms with Gasteiger partial charge >= 0.3 is 5.97 Å². The molecular weight excluding hydrogens is 330 g/mol. The van der Waals surface area contributed by atoms with Crippen molar-refractivity contribution < 1.29 is 9.53 Å². The van der Waals surface area contributed by atoms with Crippen LogP contribution in [0.5, 0.6) is 0 Å². The summed E-state index contributed by atoms with van der Waals surface area (Å²) in [4.78, 5) is 30.3. The maximum atomic E-state index is 11.5. The van der Waals surface area contributed by atoms with Gasteiger partial charge in [0.15, 0.2) is 0 Å². The maximum Gasteiger partial charge on any atom is 0.308 e. The zero-order valence-corrected chi connectivity index (χ0v) is 15.3. The normalized spacial score (nSPS) is 28.6. The van der Waals surface area contributed by atoms with Crippen LogP contribution in [0.1, 0.15) is 18.5 Å². The largest absolute Gasteiger partial charge is 0.469 e. The van der Waals surface area contributed by atoms with Gasteiger partial charge in [0.2, 0.25) is 0 Å². The van der Waals surface area contributed by atoms with E-state index in [9.17, 15) is 4.79 Å². The standard InChI is InChI=1S/C19H25N5O2/c1-23-6-8-24(9-7-23)17-5-3-4-15(21-17)16-12-20-18(22-16)13-10-14(11-13)19(25)26-2/h3-5,12-14,18H,6-11H2,1-2H3. The Morgan fingerprint density at radius 3 is 2.69 bits per heavy atom. The minimum Gasteiger partial charge on any atom is -0.469 e. The number of aliphatic imine (C=N–C) groups is 2. The van der Waals surface area contributed by atoms with Crippen LogP contribution in [-0.4, -0.2) is 74.3 Å². The van der Waals surface area contributed by atoms with Crippen molar-refractivity contribution in [3.63, 3.8) is 0 Å². The first-order valence-electron chi connectivity index (χ1n) is 9.24. The molecular formula is C19H25N5O2. The van der Waals surface area contributed by atoms with E-state index in [1.807, 2.05) is 18.3 Å². The topological polar surface area (TPSA) is 70.4 Å². The molecule has 26 heavy (non-hydrogen) atoms. The number of anilines is 1. The molecule has 1 aromatic rings. The molecule has 2 fully saturated rings. The molecule has 0 aromatic carbocycles. The average molecular weight is 355 g/mol. The first-order chi connectivity index (χ1) is 12.6. The highest BCUT2D eigenvalue weighted by atomic mass is 16.5. The Balaban J connectivity index is 1.42. The van der Waals surface area contributed by atoms with Gasteiger partial charge < -0.3 is 14.5 Å². The number of methoxy groups -OCH3 is 1. The Morgan fingerprint density at radius 1 is 1.19 bits per heavy atom. The summed E-state index contributed by atoms with van der Waals surface area (Å²) in [7, 11) is 3.59. The molecule has 2 aliphatic heterocycles. The third-order valence-corrected chi connectivity index (χ3v) is 5.58. The summed E-state index contributed by atoms with van der Waals surface area (Å²) in [6, 6.07) is 6.09. The van der Waals surface area contributed by atoms with Crippen molar-refractivity contribution in [2.45, 2.75) is 19.0 Å². The Kier molecular flexibility index (Phi) is 4.72. The fourth-order valence-corrected chi connectivity index (χ4v) is 3.76. The fourth-order valence-electron chi connectivity index (χ4n) is 3.76. The van der Waals surface area contributed by atoms with Crippen LogP contribution in [-0.2, 0) is 9.53 Å². The zero-order valence-electron chi connectivity index (χ0n) is 15.3. The number of likely N-dealkylation sites (N-methyl/N-ethyl adjacent to an activating group) is 1. The molecule has 3 heterocycles. The summed E-state index contributed by atoms with van der Waals surface area (Å²) in [5.41, 5.74) is 1.71. The molecule has 1 unspecified atom stereocenters. The number of esters is 1. The highest BCUT2D eigenvalue weighted by molar-refractivity contribution is 6.38. The van der Waals surface area contributed by atoms with Gasteiger partial charge in [0.05, 0.1) is 24.9 Å². The highest BCUT2D eigenvalue weighted by Crippen LogP contribution is 2.39. The van der Waals surface area contributed by atoms with E-state index in [1.54, 1.807) is 0 Å². The molecule has 7 heteroatoms. The number of carbonyl (C=O) groups is 1. The van der Waals surface area contributed by atoms with E-state index in [0.29, 0.717) is 5.92 Å². The molecule has 1 atom stereocenters. The van der Waals surface area contributed by atoms with Crippen LogP contribution in [0.25, 0.3) is 0 Å². The van der Waals surface area contributed by atoms with E-state index in [-0.39, 0.29) is 18.1 Å². The number of aromatic nitrogens is 1. The number of carbonyl (C=O) groups excluding carboxylic acids is 1. The van der Waals surface area contributed by atoms with Crippen molar-refractivity contribution in [2.24, 2.45) is 21.8 Å². The van der Waals surface area contributed by atoms with Gasteiger partial charge in [0, 0.05) is 32.1 Å². The van der Waals surface area contributed by atoms with E-state index in [2.05, 4.69) is 27.9 Å². The number of ether oxygens (including phenoxy) is 1. The molecule has 0 radical (unpaired) electrons. The second-order valence-corrected chi connectivity index (χ2v) is 7.33. The molecule has 4 rings (SSSR count). The van der Waals surface area contributed by atoms with Crippen molar-refractivity contribution >= 4 is 23.7 Å². The number of pyridine rings is 1. The predicted octanol–water partition coefficient (Wildman–Crippen LogP) is 1.23. The molecule has 0 N–H and O–H groups in total. The van der Waals surface area contributed by atoms with Crippen LogP contribution in [0, 0.1) is 11.8 Å². The van der Waals surface area contributed by atoms with Crippen molar-refractivity contribution in [1.29, 1.82) is 0 Å².